The Hall–Kier alpha value is -0.810. The summed E-state index contributed by atoms with van der Waals surface area (Å²) in [4.78, 5) is 7.90. The third-order valence-electron chi connectivity index (χ3n) is 1.86. The standard InChI is InChI=1S/C10H5Br2FN2/c11-7-3-1-2-6(10(7)13)8-4-9(12)15-5-14-8/h1-5H. The maximum Gasteiger partial charge on any atom is 0.146 e. The zero-order valence-corrected chi connectivity index (χ0v) is 10.6. The number of halogens is 3. The number of aromatic nitrogens is 2. The smallest absolute Gasteiger partial charge is 0.146 e. The molecule has 1 heterocycles. The van der Waals surface area contributed by atoms with E-state index in [1.807, 2.05) is 0 Å². The lowest BCUT2D eigenvalue weighted by Crippen LogP contribution is -1.90. The van der Waals surface area contributed by atoms with E-state index in [-0.39, 0.29) is 5.82 Å². The molecule has 0 aliphatic rings. The molecule has 1 aromatic heterocycles. The molecule has 0 unspecified atom stereocenters. The molecule has 76 valence electrons. The Labute approximate surface area is 103 Å². The van der Waals surface area contributed by atoms with Crippen molar-refractivity contribution in [2.24, 2.45) is 0 Å². The van der Waals surface area contributed by atoms with Gasteiger partial charge in [0.25, 0.3) is 0 Å². The molecule has 0 radical (unpaired) electrons. The van der Waals surface area contributed by atoms with E-state index in [9.17, 15) is 4.39 Å². The molecule has 2 rings (SSSR count). The Morgan fingerprint density at radius 2 is 1.93 bits per heavy atom. The molecule has 0 aliphatic carbocycles. The second-order valence-corrected chi connectivity index (χ2v) is 4.49. The van der Waals surface area contributed by atoms with Crippen LogP contribution in [-0.4, -0.2) is 9.97 Å². The molecule has 0 atom stereocenters. The van der Waals surface area contributed by atoms with Crippen LogP contribution in [0.3, 0.4) is 0 Å². The summed E-state index contributed by atoms with van der Waals surface area (Å²) >= 11 is 6.35. The van der Waals surface area contributed by atoms with Crippen LogP contribution < -0.4 is 0 Å². The van der Waals surface area contributed by atoms with Gasteiger partial charge in [-0.05, 0) is 50.1 Å². The minimum atomic E-state index is -0.317. The van der Waals surface area contributed by atoms with E-state index >= 15 is 0 Å². The van der Waals surface area contributed by atoms with Gasteiger partial charge in [-0.3, -0.25) is 0 Å². The normalized spacial score (nSPS) is 10.3. The second-order valence-electron chi connectivity index (χ2n) is 2.83. The van der Waals surface area contributed by atoms with Crippen molar-refractivity contribution in [3.8, 4) is 11.3 Å². The van der Waals surface area contributed by atoms with Gasteiger partial charge in [0, 0.05) is 5.56 Å². The predicted octanol–water partition coefficient (Wildman–Crippen LogP) is 3.81. The van der Waals surface area contributed by atoms with Crippen LogP contribution in [0.5, 0.6) is 0 Å². The van der Waals surface area contributed by atoms with Crippen molar-refractivity contribution in [1.82, 2.24) is 9.97 Å². The third kappa shape index (κ3) is 2.23. The Kier molecular flexibility index (Phi) is 3.11. The summed E-state index contributed by atoms with van der Waals surface area (Å²) in [5, 5.41) is 0. The first kappa shape index (κ1) is 10.7. The molecule has 0 spiro atoms. The Balaban J connectivity index is 2.59. The van der Waals surface area contributed by atoms with Gasteiger partial charge in [0.15, 0.2) is 0 Å². The summed E-state index contributed by atoms with van der Waals surface area (Å²) in [6, 6.07) is 6.76. The average molecular weight is 332 g/mol. The van der Waals surface area contributed by atoms with Gasteiger partial charge in [0.1, 0.15) is 16.7 Å². The molecule has 0 N–H and O–H groups in total. The van der Waals surface area contributed by atoms with E-state index < -0.39 is 0 Å². The van der Waals surface area contributed by atoms with Crippen molar-refractivity contribution in [1.29, 1.82) is 0 Å². The van der Waals surface area contributed by atoms with E-state index in [1.54, 1.807) is 24.3 Å². The molecule has 0 aliphatic heterocycles. The van der Waals surface area contributed by atoms with Crippen LogP contribution in [0.25, 0.3) is 11.3 Å². The SMILES string of the molecule is Fc1c(Br)cccc1-c1cc(Br)ncn1. The van der Waals surface area contributed by atoms with Crippen molar-refractivity contribution in [2.45, 2.75) is 0 Å². The molecular weight excluding hydrogens is 327 g/mol. The van der Waals surface area contributed by atoms with Gasteiger partial charge >= 0.3 is 0 Å². The van der Waals surface area contributed by atoms with Gasteiger partial charge in [-0.2, -0.15) is 0 Å². The van der Waals surface area contributed by atoms with Gasteiger partial charge in [0.2, 0.25) is 0 Å². The molecule has 0 bridgehead atoms. The highest BCUT2D eigenvalue weighted by Gasteiger charge is 2.09. The van der Waals surface area contributed by atoms with Crippen LogP contribution in [0.2, 0.25) is 0 Å². The lowest BCUT2D eigenvalue weighted by Gasteiger charge is -2.03. The Morgan fingerprint density at radius 3 is 2.67 bits per heavy atom. The van der Waals surface area contributed by atoms with Crippen LogP contribution in [0.15, 0.2) is 39.7 Å². The van der Waals surface area contributed by atoms with E-state index in [2.05, 4.69) is 41.8 Å². The lowest BCUT2D eigenvalue weighted by molar-refractivity contribution is 0.624. The highest BCUT2D eigenvalue weighted by molar-refractivity contribution is 9.10. The summed E-state index contributed by atoms with van der Waals surface area (Å²) in [6.07, 6.45) is 1.39. The van der Waals surface area contributed by atoms with Crippen LogP contribution in [-0.2, 0) is 0 Å². The first-order valence-corrected chi connectivity index (χ1v) is 5.69. The quantitative estimate of drug-likeness (QED) is 0.743. The van der Waals surface area contributed by atoms with Gasteiger partial charge in [-0.1, -0.05) is 6.07 Å². The topological polar surface area (TPSA) is 25.8 Å². The maximum atomic E-state index is 13.7. The Bertz CT molecular complexity index is 503. The summed E-state index contributed by atoms with van der Waals surface area (Å²) in [7, 11) is 0. The molecule has 5 heteroatoms. The van der Waals surface area contributed by atoms with Crippen molar-refractivity contribution in [3.63, 3.8) is 0 Å². The molecule has 0 fully saturated rings. The van der Waals surface area contributed by atoms with Crippen molar-refractivity contribution >= 4 is 31.9 Å². The number of benzene rings is 1. The fourth-order valence-corrected chi connectivity index (χ4v) is 1.86. The number of hydrogen-bond donors (Lipinski definition) is 0. The largest absolute Gasteiger partial charge is 0.236 e. The van der Waals surface area contributed by atoms with Crippen LogP contribution in [0.4, 0.5) is 4.39 Å². The molecule has 0 saturated carbocycles. The number of hydrogen-bond acceptors (Lipinski definition) is 2. The van der Waals surface area contributed by atoms with E-state index in [4.69, 9.17) is 0 Å². The highest BCUT2D eigenvalue weighted by Crippen LogP contribution is 2.27. The van der Waals surface area contributed by atoms with Crippen molar-refractivity contribution in [2.75, 3.05) is 0 Å². The Morgan fingerprint density at radius 1 is 1.13 bits per heavy atom. The van der Waals surface area contributed by atoms with Gasteiger partial charge in [-0.25, -0.2) is 14.4 Å². The van der Waals surface area contributed by atoms with Gasteiger partial charge in [-0.15, -0.1) is 0 Å². The minimum absolute atomic E-state index is 0.317. The predicted molar refractivity (Wildman–Crippen MR) is 62.8 cm³/mol. The molecule has 2 aromatic rings. The fourth-order valence-electron chi connectivity index (χ4n) is 1.18. The number of nitrogens with zero attached hydrogens (tertiary/aromatic N) is 2. The average Bonchev–Trinajstić information content (AvgIpc) is 2.22. The minimum Gasteiger partial charge on any atom is -0.236 e. The second kappa shape index (κ2) is 4.37. The molecule has 15 heavy (non-hydrogen) atoms. The van der Waals surface area contributed by atoms with Gasteiger partial charge in [0.05, 0.1) is 10.2 Å². The van der Waals surface area contributed by atoms with Crippen LogP contribution in [0, 0.1) is 5.82 Å². The molecule has 2 nitrogen and oxygen atoms in total. The zero-order valence-electron chi connectivity index (χ0n) is 7.42. The fraction of sp³-hybridized carbons (Fsp3) is 0. The van der Waals surface area contributed by atoms with Gasteiger partial charge < -0.3 is 0 Å². The molecule has 1 aromatic carbocycles. The zero-order chi connectivity index (χ0) is 10.8. The lowest BCUT2D eigenvalue weighted by atomic mass is 10.1. The molecular formula is C10H5Br2FN2. The summed E-state index contributed by atoms with van der Waals surface area (Å²) in [5.74, 6) is -0.317. The summed E-state index contributed by atoms with van der Waals surface area (Å²) in [6.45, 7) is 0. The monoisotopic (exact) mass is 330 g/mol. The van der Waals surface area contributed by atoms with E-state index in [0.29, 0.717) is 20.3 Å². The molecule has 0 amide bonds. The molecule has 0 saturated heterocycles. The highest BCUT2D eigenvalue weighted by atomic mass is 79.9. The van der Waals surface area contributed by atoms with E-state index in [1.165, 1.54) is 6.33 Å². The number of rotatable bonds is 1. The van der Waals surface area contributed by atoms with Crippen LogP contribution in [0.1, 0.15) is 0 Å². The van der Waals surface area contributed by atoms with Crippen LogP contribution >= 0.6 is 31.9 Å². The third-order valence-corrected chi connectivity index (χ3v) is 2.91. The summed E-state index contributed by atoms with van der Waals surface area (Å²) in [5.41, 5.74) is 1.00. The maximum absolute atomic E-state index is 13.7. The van der Waals surface area contributed by atoms with Crippen molar-refractivity contribution < 1.29 is 4.39 Å². The summed E-state index contributed by atoms with van der Waals surface area (Å²) < 4.78 is 14.8. The van der Waals surface area contributed by atoms with Crippen molar-refractivity contribution in [3.05, 3.63) is 45.5 Å². The van der Waals surface area contributed by atoms with E-state index in [0.717, 1.165) is 0 Å². The first-order chi connectivity index (χ1) is 7.18. The first-order valence-electron chi connectivity index (χ1n) is 4.10.